The quantitative estimate of drug-likeness (QED) is 0.625. The van der Waals surface area contributed by atoms with Gasteiger partial charge in [0.05, 0.1) is 11.0 Å². The Morgan fingerprint density at radius 3 is 2.32 bits per heavy atom. The highest BCUT2D eigenvalue weighted by Gasteiger charge is 2.26. The minimum absolute atomic E-state index is 0.331. The van der Waals surface area contributed by atoms with Gasteiger partial charge in [-0.1, -0.05) is 71.2 Å². The standard InChI is InChI=1S/C14H9Cl3N2/c15-14(16,17)13-18-11-7-6-10(8-12(11)19-13)9-4-2-1-3-5-9/h1-8H,(H,18,19). The van der Waals surface area contributed by atoms with Crippen molar-refractivity contribution < 1.29 is 0 Å². The Bertz CT molecular complexity index is 714. The summed E-state index contributed by atoms with van der Waals surface area (Å²) in [6.45, 7) is 0. The molecule has 1 aromatic heterocycles. The lowest BCUT2D eigenvalue weighted by molar-refractivity contribution is 1.05. The number of rotatable bonds is 1. The highest BCUT2D eigenvalue weighted by atomic mass is 35.6. The second kappa shape index (κ2) is 4.71. The lowest BCUT2D eigenvalue weighted by Gasteiger charge is -2.04. The van der Waals surface area contributed by atoms with Gasteiger partial charge in [0.15, 0.2) is 5.82 Å². The first-order valence-corrected chi connectivity index (χ1v) is 6.80. The minimum atomic E-state index is -1.54. The number of nitrogens with one attached hydrogen (secondary N) is 1. The van der Waals surface area contributed by atoms with Crippen molar-refractivity contribution in [3.8, 4) is 11.1 Å². The maximum Gasteiger partial charge on any atom is 0.248 e. The lowest BCUT2D eigenvalue weighted by atomic mass is 10.1. The van der Waals surface area contributed by atoms with E-state index in [1.54, 1.807) is 0 Å². The van der Waals surface area contributed by atoms with Crippen molar-refractivity contribution in [2.75, 3.05) is 0 Å². The molecule has 1 heterocycles. The Hall–Kier alpha value is -1.22. The minimum Gasteiger partial charge on any atom is -0.338 e. The van der Waals surface area contributed by atoms with Crippen molar-refractivity contribution in [2.45, 2.75) is 3.79 Å². The van der Waals surface area contributed by atoms with Gasteiger partial charge >= 0.3 is 0 Å². The molecule has 0 saturated heterocycles. The number of benzene rings is 2. The first-order valence-electron chi connectivity index (χ1n) is 5.66. The molecular formula is C14H9Cl3N2. The molecule has 0 atom stereocenters. The topological polar surface area (TPSA) is 28.7 Å². The van der Waals surface area contributed by atoms with Gasteiger partial charge in [-0.05, 0) is 23.3 Å². The summed E-state index contributed by atoms with van der Waals surface area (Å²) in [6, 6.07) is 16.0. The number of nitrogens with zero attached hydrogens (tertiary/aromatic N) is 1. The van der Waals surface area contributed by atoms with Crippen LogP contribution < -0.4 is 0 Å². The number of alkyl halides is 3. The van der Waals surface area contributed by atoms with Gasteiger partial charge in [-0.2, -0.15) is 0 Å². The van der Waals surface area contributed by atoms with Crippen molar-refractivity contribution in [3.63, 3.8) is 0 Å². The molecule has 0 bridgehead atoms. The van der Waals surface area contributed by atoms with Gasteiger partial charge in [-0.15, -0.1) is 0 Å². The third kappa shape index (κ3) is 2.57. The Kier molecular flexibility index (Phi) is 3.17. The maximum atomic E-state index is 5.82. The average molecular weight is 312 g/mol. The largest absolute Gasteiger partial charge is 0.338 e. The molecule has 3 aromatic rings. The number of H-pyrrole nitrogens is 1. The van der Waals surface area contributed by atoms with E-state index in [-0.39, 0.29) is 0 Å². The smallest absolute Gasteiger partial charge is 0.248 e. The van der Waals surface area contributed by atoms with Gasteiger partial charge in [0.25, 0.3) is 0 Å². The summed E-state index contributed by atoms with van der Waals surface area (Å²) in [5, 5.41) is 0. The molecule has 0 aliphatic rings. The van der Waals surface area contributed by atoms with Crippen LogP contribution in [0.25, 0.3) is 22.2 Å². The van der Waals surface area contributed by atoms with E-state index in [1.807, 2.05) is 48.5 Å². The van der Waals surface area contributed by atoms with Crippen LogP contribution >= 0.6 is 34.8 Å². The zero-order valence-corrected chi connectivity index (χ0v) is 12.0. The fourth-order valence-corrected chi connectivity index (χ4v) is 2.22. The third-order valence-corrected chi connectivity index (χ3v) is 3.39. The molecule has 0 spiro atoms. The molecule has 2 nitrogen and oxygen atoms in total. The summed E-state index contributed by atoms with van der Waals surface area (Å²) in [7, 11) is 0. The summed E-state index contributed by atoms with van der Waals surface area (Å²) >= 11 is 17.5. The van der Waals surface area contributed by atoms with Crippen LogP contribution in [0.4, 0.5) is 0 Å². The number of halogens is 3. The van der Waals surface area contributed by atoms with Crippen molar-refractivity contribution in [3.05, 3.63) is 54.4 Å². The molecule has 0 aliphatic heterocycles. The van der Waals surface area contributed by atoms with Crippen LogP contribution in [0.3, 0.4) is 0 Å². The van der Waals surface area contributed by atoms with Crippen LogP contribution in [-0.2, 0) is 3.79 Å². The summed E-state index contributed by atoms with van der Waals surface area (Å²) in [6.07, 6.45) is 0. The summed E-state index contributed by atoms with van der Waals surface area (Å²) in [4.78, 5) is 7.31. The van der Waals surface area contributed by atoms with E-state index in [0.717, 1.165) is 22.2 Å². The van der Waals surface area contributed by atoms with Crippen molar-refractivity contribution in [1.82, 2.24) is 9.97 Å². The maximum absolute atomic E-state index is 5.82. The predicted molar refractivity (Wildman–Crippen MR) is 80.8 cm³/mol. The molecule has 0 aliphatic carbocycles. The van der Waals surface area contributed by atoms with E-state index in [0.29, 0.717) is 5.82 Å². The fraction of sp³-hybridized carbons (Fsp3) is 0.0714. The number of hydrogen-bond acceptors (Lipinski definition) is 1. The van der Waals surface area contributed by atoms with Crippen LogP contribution in [0.2, 0.25) is 0 Å². The Labute approximate surface area is 125 Å². The number of hydrogen-bond donors (Lipinski definition) is 1. The first kappa shape index (κ1) is 12.8. The molecule has 2 aromatic carbocycles. The normalized spacial score (nSPS) is 11.9. The predicted octanol–water partition coefficient (Wildman–Crippen LogP) is 5.06. The van der Waals surface area contributed by atoms with Crippen molar-refractivity contribution in [1.29, 1.82) is 0 Å². The molecule has 19 heavy (non-hydrogen) atoms. The van der Waals surface area contributed by atoms with Crippen LogP contribution in [0.1, 0.15) is 5.82 Å². The molecule has 5 heteroatoms. The molecule has 1 N–H and O–H groups in total. The van der Waals surface area contributed by atoms with E-state index in [1.165, 1.54) is 0 Å². The number of aromatic amines is 1. The molecular weight excluding hydrogens is 303 g/mol. The van der Waals surface area contributed by atoms with Crippen LogP contribution in [0.15, 0.2) is 48.5 Å². The molecule has 0 radical (unpaired) electrons. The van der Waals surface area contributed by atoms with E-state index >= 15 is 0 Å². The second-order valence-electron chi connectivity index (χ2n) is 4.18. The van der Waals surface area contributed by atoms with Crippen molar-refractivity contribution >= 4 is 45.8 Å². The average Bonchev–Trinajstić information content (AvgIpc) is 2.82. The number of fused-ring (bicyclic) bond motifs is 1. The van der Waals surface area contributed by atoms with E-state index in [4.69, 9.17) is 34.8 Å². The van der Waals surface area contributed by atoms with Crippen LogP contribution in [-0.4, -0.2) is 9.97 Å². The molecule has 96 valence electrons. The molecule has 0 saturated carbocycles. The highest BCUT2D eigenvalue weighted by molar-refractivity contribution is 6.66. The zero-order chi connectivity index (χ0) is 13.5. The van der Waals surface area contributed by atoms with Gasteiger partial charge in [0.2, 0.25) is 3.79 Å². The summed E-state index contributed by atoms with van der Waals surface area (Å²) in [5.74, 6) is 0.331. The lowest BCUT2D eigenvalue weighted by Crippen LogP contribution is -2.01. The Morgan fingerprint density at radius 2 is 1.63 bits per heavy atom. The number of aromatic nitrogens is 2. The first-order chi connectivity index (χ1) is 9.04. The van der Waals surface area contributed by atoms with E-state index < -0.39 is 3.79 Å². The van der Waals surface area contributed by atoms with E-state index in [2.05, 4.69) is 9.97 Å². The van der Waals surface area contributed by atoms with Crippen LogP contribution in [0.5, 0.6) is 0 Å². The highest BCUT2D eigenvalue weighted by Crippen LogP contribution is 2.37. The van der Waals surface area contributed by atoms with Crippen molar-refractivity contribution in [2.24, 2.45) is 0 Å². The molecule has 0 unspecified atom stereocenters. The monoisotopic (exact) mass is 310 g/mol. The van der Waals surface area contributed by atoms with Gasteiger partial charge in [0, 0.05) is 0 Å². The SMILES string of the molecule is ClC(Cl)(Cl)c1nc2ccc(-c3ccccc3)cc2[nH]1. The molecule has 0 amide bonds. The summed E-state index contributed by atoms with van der Waals surface area (Å²) in [5.41, 5.74) is 3.85. The van der Waals surface area contributed by atoms with Gasteiger partial charge in [-0.3, -0.25) is 0 Å². The summed E-state index contributed by atoms with van der Waals surface area (Å²) < 4.78 is -1.54. The van der Waals surface area contributed by atoms with Gasteiger partial charge in [0.1, 0.15) is 0 Å². The fourth-order valence-electron chi connectivity index (χ4n) is 1.95. The van der Waals surface area contributed by atoms with Crippen LogP contribution in [0, 0.1) is 0 Å². The second-order valence-corrected chi connectivity index (χ2v) is 6.46. The Balaban J connectivity index is 2.11. The molecule has 3 rings (SSSR count). The van der Waals surface area contributed by atoms with Gasteiger partial charge < -0.3 is 4.98 Å². The Morgan fingerprint density at radius 1 is 0.895 bits per heavy atom. The molecule has 0 fully saturated rings. The zero-order valence-electron chi connectivity index (χ0n) is 9.70. The third-order valence-electron chi connectivity index (χ3n) is 2.86. The number of imidazole rings is 1. The van der Waals surface area contributed by atoms with E-state index in [9.17, 15) is 0 Å². The van der Waals surface area contributed by atoms with Gasteiger partial charge in [-0.25, -0.2) is 4.98 Å².